The summed E-state index contributed by atoms with van der Waals surface area (Å²) >= 11 is 6.94. The monoisotopic (exact) mass is 316 g/mol. The van der Waals surface area contributed by atoms with Crippen LogP contribution in [-0.4, -0.2) is 18.6 Å². The van der Waals surface area contributed by atoms with Crippen LogP contribution in [0.4, 0.5) is 0 Å². The van der Waals surface area contributed by atoms with Gasteiger partial charge in [0.25, 0.3) is 0 Å². The zero-order valence-corrected chi connectivity index (χ0v) is 12.4. The number of hydrogen-bond acceptors (Lipinski definition) is 4. The normalized spacial score (nSPS) is 12.9. The van der Waals surface area contributed by atoms with Gasteiger partial charge >= 0.3 is 0 Å². The SMILES string of the molecule is CNCC(C)c1nc(-c2ccc(Br)s2)cs1. The van der Waals surface area contributed by atoms with E-state index in [0.29, 0.717) is 5.92 Å². The molecule has 0 spiro atoms. The molecule has 2 aromatic heterocycles. The zero-order chi connectivity index (χ0) is 11.5. The van der Waals surface area contributed by atoms with Crippen molar-refractivity contribution in [1.82, 2.24) is 10.3 Å². The molecule has 0 aliphatic carbocycles. The Balaban J connectivity index is 2.19. The van der Waals surface area contributed by atoms with Gasteiger partial charge in [0.05, 0.1) is 19.4 Å². The fraction of sp³-hybridized carbons (Fsp3) is 0.364. The number of thiazole rings is 1. The van der Waals surface area contributed by atoms with Gasteiger partial charge in [0, 0.05) is 17.8 Å². The van der Waals surface area contributed by atoms with Crippen LogP contribution in [0, 0.1) is 0 Å². The Labute approximate surface area is 112 Å². The Bertz CT molecular complexity index is 464. The third kappa shape index (κ3) is 2.71. The predicted molar refractivity (Wildman–Crippen MR) is 75.5 cm³/mol. The highest BCUT2D eigenvalue weighted by Crippen LogP contribution is 2.33. The zero-order valence-electron chi connectivity index (χ0n) is 9.16. The Morgan fingerprint density at radius 3 is 2.94 bits per heavy atom. The first-order valence-corrected chi connectivity index (χ1v) is 7.55. The van der Waals surface area contributed by atoms with Crippen molar-refractivity contribution in [3.63, 3.8) is 0 Å². The summed E-state index contributed by atoms with van der Waals surface area (Å²) in [5.41, 5.74) is 1.10. The van der Waals surface area contributed by atoms with E-state index >= 15 is 0 Å². The Morgan fingerprint density at radius 2 is 2.31 bits per heavy atom. The number of thiophene rings is 1. The van der Waals surface area contributed by atoms with Gasteiger partial charge in [-0.25, -0.2) is 4.98 Å². The van der Waals surface area contributed by atoms with Gasteiger partial charge < -0.3 is 5.32 Å². The standard InChI is InChI=1S/C11H13BrN2S2/c1-7(5-13-2)11-14-8(6-15-11)9-3-4-10(12)16-9/h3-4,6-7,13H,5H2,1-2H3. The molecule has 0 fully saturated rings. The van der Waals surface area contributed by atoms with Crippen LogP contribution in [-0.2, 0) is 0 Å². The van der Waals surface area contributed by atoms with Crippen LogP contribution < -0.4 is 5.32 Å². The lowest BCUT2D eigenvalue weighted by molar-refractivity contribution is 0.674. The summed E-state index contributed by atoms with van der Waals surface area (Å²) in [5.74, 6) is 0.479. The molecule has 1 N–H and O–H groups in total. The molecule has 0 amide bonds. The lowest BCUT2D eigenvalue weighted by atomic mass is 10.2. The van der Waals surface area contributed by atoms with E-state index in [1.807, 2.05) is 7.05 Å². The molecule has 0 saturated heterocycles. The topological polar surface area (TPSA) is 24.9 Å². The largest absolute Gasteiger partial charge is 0.319 e. The quantitative estimate of drug-likeness (QED) is 0.923. The van der Waals surface area contributed by atoms with E-state index < -0.39 is 0 Å². The van der Waals surface area contributed by atoms with E-state index in [2.05, 4.69) is 50.7 Å². The van der Waals surface area contributed by atoms with Crippen molar-refractivity contribution in [3.8, 4) is 10.6 Å². The van der Waals surface area contributed by atoms with Crippen LogP contribution in [0.1, 0.15) is 17.8 Å². The van der Waals surface area contributed by atoms with Crippen LogP contribution in [0.25, 0.3) is 10.6 Å². The number of hydrogen-bond donors (Lipinski definition) is 1. The summed E-state index contributed by atoms with van der Waals surface area (Å²) in [5, 5.41) is 6.52. The highest BCUT2D eigenvalue weighted by molar-refractivity contribution is 9.11. The second-order valence-corrected chi connectivity index (χ2v) is 6.99. The van der Waals surface area contributed by atoms with Gasteiger partial charge in [0.15, 0.2) is 0 Å². The molecule has 2 heterocycles. The van der Waals surface area contributed by atoms with Crippen molar-refractivity contribution in [2.45, 2.75) is 12.8 Å². The van der Waals surface area contributed by atoms with Gasteiger partial charge in [-0.3, -0.25) is 0 Å². The molecule has 2 aromatic rings. The van der Waals surface area contributed by atoms with Crippen LogP contribution in [0.3, 0.4) is 0 Å². The van der Waals surface area contributed by atoms with Gasteiger partial charge in [-0.1, -0.05) is 6.92 Å². The van der Waals surface area contributed by atoms with Gasteiger partial charge in [-0.15, -0.1) is 22.7 Å². The minimum absolute atomic E-state index is 0.479. The first kappa shape index (κ1) is 12.2. The first-order chi connectivity index (χ1) is 7.70. The molecule has 5 heteroatoms. The lowest BCUT2D eigenvalue weighted by Crippen LogP contribution is -2.14. The Hall–Kier alpha value is -0.230. The average molecular weight is 317 g/mol. The molecule has 0 saturated carbocycles. The summed E-state index contributed by atoms with van der Waals surface area (Å²) in [6.07, 6.45) is 0. The fourth-order valence-corrected chi connectivity index (χ4v) is 3.77. The molecule has 1 atom stereocenters. The summed E-state index contributed by atoms with van der Waals surface area (Å²) in [7, 11) is 1.97. The predicted octanol–water partition coefficient (Wildman–Crippen LogP) is 3.96. The van der Waals surface area contributed by atoms with Crippen LogP contribution in [0.15, 0.2) is 21.3 Å². The van der Waals surface area contributed by atoms with Crippen LogP contribution >= 0.6 is 38.6 Å². The van der Waals surface area contributed by atoms with E-state index in [0.717, 1.165) is 16.0 Å². The summed E-state index contributed by atoms with van der Waals surface area (Å²) in [6, 6.07) is 4.17. The summed E-state index contributed by atoms with van der Waals surface area (Å²) < 4.78 is 1.15. The fourth-order valence-electron chi connectivity index (χ4n) is 1.47. The average Bonchev–Trinajstić information content (AvgIpc) is 2.85. The highest BCUT2D eigenvalue weighted by atomic mass is 79.9. The van der Waals surface area contributed by atoms with E-state index in [1.54, 1.807) is 22.7 Å². The number of aromatic nitrogens is 1. The number of likely N-dealkylation sites (N-methyl/N-ethyl adjacent to an activating group) is 1. The van der Waals surface area contributed by atoms with Crippen molar-refractivity contribution < 1.29 is 0 Å². The molecule has 0 aliphatic heterocycles. The van der Waals surface area contributed by atoms with Crippen molar-refractivity contribution in [2.24, 2.45) is 0 Å². The second kappa shape index (κ2) is 5.40. The Kier molecular flexibility index (Phi) is 4.13. The van der Waals surface area contributed by atoms with E-state index in [-0.39, 0.29) is 0 Å². The van der Waals surface area contributed by atoms with Crippen molar-refractivity contribution >= 4 is 38.6 Å². The van der Waals surface area contributed by atoms with Crippen molar-refractivity contribution in [3.05, 3.63) is 26.3 Å². The molecule has 16 heavy (non-hydrogen) atoms. The number of nitrogens with one attached hydrogen (secondary N) is 1. The number of rotatable bonds is 4. The number of halogens is 1. The molecule has 2 rings (SSSR count). The molecule has 0 aliphatic rings. The molecule has 0 aromatic carbocycles. The van der Waals surface area contributed by atoms with Crippen molar-refractivity contribution in [1.29, 1.82) is 0 Å². The van der Waals surface area contributed by atoms with Gasteiger partial charge in [-0.05, 0) is 35.1 Å². The van der Waals surface area contributed by atoms with Crippen LogP contribution in [0.2, 0.25) is 0 Å². The van der Waals surface area contributed by atoms with E-state index in [4.69, 9.17) is 0 Å². The minimum atomic E-state index is 0.479. The maximum absolute atomic E-state index is 4.68. The first-order valence-electron chi connectivity index (χ1n) is 5.06. The molecule has 1 unspecified atom stereocenters. The van der Waals surface area contributed by atoms with Crippen molar-refractivity contribution in [2.75, 3.05) is 13.6 Å². The third-order valence-corrected chi connectivity index (χ3v) is 5.00. The molecule has 2 nitrogen and oxygen atoms in total. The highest BCUT2D eigenvalue weighted by Gasteiger charge is 2.11. The van der Waals surface area contributed by atoms with Gasteiger partial charge in [-0.2, -0.15) is 0 Å². The maximum Gasteiger partial charge on any atom is 0.0973 e. The molecular weight excluding hydrogens is 304 g/mol. The molecule has 0 radical (unpaired) electrons. The molecular formula is C11H13BrN2S2. The summed E-state index contributed by atoms with van der Waals surface area (Å²) in [4.78, 5) is 5.91. The van der Waals surface area contributed by atoms with E-state index in [9.17, 15) is 0 Å². The van der Waals surface area contributed by atoms with Gasteiger partial charge in [0.2, 0.25) is 0 Å². The van der Waals surface area contributed by atoms with E-state index in [1.165, 1.54) is 9.88 Å². The number of nitrogens with zero attached hydrogens (tertiary/aromatic N) is 1. The van der Waals surface area contributed by atoms with Crippen LogP contribution in [0.5, 0.6) is 0 Å². The smallest absolute Gasteiger partial charge is 0.0973 e. The summed E-state index contributed by atoms with van der Waals surface area (Å²) in [6.45, 7) is 3.17. The third-order valence-electron chi connectivity index (χ3n) is 2.28. The molecule has 0 bridgehead atoms. The minimum Gasteiger partial charge on any atom is -0.319 e. The molecule has 86 valence electrons. The second-order valence-electron chi connectivity index (χ2n) is 3.63. The maximum atomic E-state index is 4.68. The Morgan fingerprint density at radius 1 is 1.50 bits per heavy atom. The van der Waals surface area contributed by atoms with Gasteiger partial charge in [0.1, 0.15) is 0 Å². The lowest BCUT2D eigenvalue weighted by Gasteiger charge is -2.05.